The average molecular weight is 377 g/mol. The topological polar surface area (TPSA) is 26.3 Å². The lowest BCUT2D eigenvalue weighted by Crippen LogP contribution is -2.16. The summed E-state index contributed by atoms with van der Waals surface area (Å²) in [7, 11) is 0. The minimum atomic E-state index is -2.21. The Morgan fingerprint density at radius 2 is 1.63 bits per heavy atom. The third-order valence-electron chi connectivity index (χ3n) is 3.47. The van der Waals surface area contributed by atoms with E-state index in [2.05, 4.69) is 11.8 Å². The fourth-order valence-corrected chi connectivity index (χ4v) is 2.12. The molecule has 0 bridgehead atoms. The van der Waals surface area contributed by atoms with Gasteiger partial charge in [-0.2, -0.15) is 0 Å². The highest BCUT2D eigenvalue weighted by atomic mass is 16.6. The second kappa shape index (κ2) is 13.9. The van der Waals surface area contributed by atoms with Gasteiger partial charge in [0.15, 0.2) is 0 Å². The van der Waals surface area contributed by atoms with E-state index in [1.165, 1.54) is 13.0 Å². The number of allylic oxidation sites excluding steroid dienone is 9. The molecular formula is C25H34O2. The maximum Gasteiger partial charge on any atom is 0.311 e. The van der Waals surface area contributed by atoms with Crippen LogP contribution in [0.1, 0.15) is 79.2 Å². The predicted octanol–water partition coefficient (Wildman–Crippen LogP) is 6.47. The van der Waals surface area contributed by atoms with E-state index < -0.39 is 37.3 Å². The van der Waals surface area contributed by atoms with Crippen LogP contribution in [0, 0.1) is 17.3 Å². The molecule has 0 amide bonds. The van der Waals surface area contributed by atoms with Crippen molar-refractivity contribution < 1.29 is 23.2 Å². The summed E-state index contributed by atoms with van der Waals surface area (Å²) >= 11 is 0. The fraction of sp³-hybridized carbons (Fsp3) is 0.480. The summed E-state index contributed by atoms with van der Waals surface area (Å²) in [5, 5.41) is 0. The Morgan fingerprint density at radius 1 is 1.04 bits per heavy atom. The van der Waals surface area contributed by atoms with Crippen molar-refractivity contribution in [2.45, 2.75) is 71.6 Å². The lowest BCUT2D eigenvalue weighted by Gasteiger charge is -2.08. The molecule has 0 aromatic carbocycles. The fourth-order valence-electron chi connectivity index (χ4n) is 2.12. The molecule has 1 rings (SSSR count). The van der Waals surface area contributed by atoms with Gasteiger partial charge in [-0.15, -0.1) is 0 Å². The Labute approximate surface area is 179 Å². The minimum Gasteiger partial charge on any atom is -0.462 e. The van der Waals surface area contributed by atoms with Crippen LogP contribution in [0.15, 0.2) is 60.8 Å². The summed E-state index contributed by atoms with van der Waals surface area (Å²) in [6.07, 6.45) is 1.03. The van der Waals surface area contributed by atoms with Gasteiger partial charge in [-0.3, -0.25) is 4.79 Å². The van der Waals surface area contributed by atoms with E-state index in [1.807, 2.05) is 13.8 Å². The average Bonchev–Trinajstić information content (AvgIpc) is 2.99. The maximum absolute atomic E-state index is 11.7. The molecule has 1 atom stereocenters. The number of carbonyl (C=O) groups excluding carboxylic acids is 1. The van der Waals surface area contributed by atoms with Crippen molar-refractivity contribution in [2.24, 2.45) is 5.41 Å². The Kier molecular flexibility index (Phi) is 5.93. The Balaban J connectivity index is 2.75. The normalized spacial score (nSPS) is 27.8. The monoisotopic (exact) mass is 376 g/mol. The molecule has 27 heavy (non-hydrogen) atoms. The van der Waals surface area contributed by atoms with Crippen LogP contribution in [0.25, 0.3) is 0 Å². The SMILES string of the molecule is [2H]C([2H])(C)/C=C\C([2H])([2H])/C=C\C([2H])([2H])/C=C\C([2H])([2H])/C=C\C([2H])([2H])C#C/C=C/CC1CC(C)(C)C(=O)O1. The highest BCUT2D eigenvalue weighted by molar-refractivity contribution is 5.78. The van der Waals surface area contributed by atoms with Crippen molar-refractivity contribution in [3.8, 4) is 11.8 Å². The molecule has 1 aliphatic rings. The summed E-state index contributed by atoms with van der Waals surface area (Å²) in [6.45, 7) is 4.88. The van der Waals surface area contributed by atoms with E-state index in [4.69, 9.17) is 18.4 Å². The van der Waals surface area contributed by atoms with Crippen molar-refractivity contribution in [3.63, 3.8) is 0 Å². The number of cyclic esters (lactones) is 1. The molecule has 1 heterocycles. The zero-order valence-electron chi connectivity index (χ0n) is 26.1. The number of rotatable bonds is 10. The first-order valence-corrected chi connectivity index (χ1v) is 8.74. The van der Waals surface area contributed by atoms with Crippen LogP contribution < -0.4 is 0 Å². The van der Waals surface area contributed by atoms with Gasteiger partial charge in [0, 0.05) is 32.9 Å². The molecule has 0 aliphatic carbocycles. The third kappa shape index (κ3) is 11.1. The van der Waals surface area contributed by atoms with Gasteiger partial charge in [0.25, 0.3) is 0 Å². The van der Waals surface area contributed by atoms with Crippen molar-refractivity contribution >= 4 is 5.97 Å². The van der Waals surface area contributed by atoms with Gasteiger partial charge in [0.1, 0.15) is 6.10 Å². The zero-order valence-corrected chi connectivity index (χ0v) is 16.1. The third-order valence-corrected chi connectivity index (χ3v) is 3.47. The molecule has 0 spiro atoms. The molecule has 0 radical (unpaired) electrons. The lowest BCUT2D eigenvalue weighted by atomic mass is 9.89. The first kappa shape index (κ1) is 11.5. The van der Waals surface area contributed by atoms with E-state index in [0.717, 1.165) is 48.6 Å². The number of hydrogen-bond donors (Lipinski definition) is 0. The van der Waals surface area contributed by atoms with E-state index in [9.17, 15) is 4.79 Å². The number of hydrogen-bond acceptors (Lipinski definition) is 2. The van der Waals surface area contributed by atoms with Crippen LogP contribution in [0.3, 0.4) is 0 Å². The van der Waals surface area contributed by atoms with Crippen LogP contribution in [0.2, 0.25) is 0 Å². The quantitative estimate of drug-likeness (QED) is 0.248. The van der Waals surface area contributed by atoms with Crippen molar-refractivity contribution in [3.05, 3.63) is 60.8 Å². The summed E-state index contributed by atoms with van der Waals surface area (Å²) in [6, 6.07) is 0. The van der Waals surface area contributed by atoms with Crippen LogP contribution >= 0.6 is 0 Å². The maximum atomic E-state index is 11.7. The standard InChI is InChI=1S/C25H34O2/c1-4-5-6-7-8-9-10-11-12-13-14-15-16-17-18-19-20-21-23-22-25(2,3)24(26)27-23/h5-6,8-9,11-12,14-15,19-20,23H,4,7,10,13,16,21-22H2,1-3H3/b6-5-,9-8-,12-11-,15-14-,20-19+/i4D2,7D2,10D2,13D2,16D2. The van der Waals surface area contributed by atoms with E-state index in [0.29, 0.717) is 12.8 Å². The number of ether oxygens (including phenoxy) is 1. The van der Waals surface area contributed by atoms with Gasteiger partial charge < -0.3 is 4.74 Å². The Morgan fingerprint density at radius 3 is 2.19 bits per heavy atom. The molecule has 1 saturated heterocycles. The second-order valence-corrected chi connectivity index (χ2v) is 6.29. The smallest absolute Gasteiger partial charge is 0.311 e. The van der Waals surface area contributed by atoms with Crippen LogP contribution in [0.4, 0.5) is 0 Å². The lowest BCUT2D eigenvalue weighted by molar-refractivity contribution is -0.147. The largest absolute Gasteiger partial charge is 0.462 e. The van der Waals surface area contributed by atoms with Gasteiger partial charge >= 0.3 is 5.97 Å². The van der Waals surface area contributed by atoms with Crippen molar-refractivity contribution in [2.75, 3.05) is 0 Å². The van der Waals surface area contributed by atoms with Gasteiger partial charge in [-0.1, -0.05) is 73.4 Å². The van der Waals surface area contributed by atoms with E-state index in [1.54, 1.807) is 6.08 Å². The highest BCUT2D eigenvalue weighted by Gasteiger charge is 2.40. The first-order chi connectivity index (χ1) is 16.5. The van der Waals surface area contributed by atoms with Gasteiger partial charge in [-0.05, 0) is 45.4 Å². The summed E-state index contributed by atoms with van der Waals surface area (Å²) < 4.78 is 83.3. The molecule has 0 aromatic rings. The Bertz CT molecular complexity index is 1020. The van der Waals surface area contributed by atoms with Gasteiger partial charge in [0.05, 0.1) is 5.41 Å². The molecule has 1 fully saturated rings. The minimum absolute atomic E-state index is 0.246. The second-order valence-electron chi connectivity index (χ2n) is 6.29. The zero-order chi connectivity index (χ0) is 28.8. The molecule has 0 N–H and O–H groups in total. The number of carbonyl (C=O) groups is 1. The Hall–Kier alpha value is -2.27. The molecule has 1 aliphatic heterocycles. The molecule has 2 nitrogen and oxygen atoms in total. The molecule has 1 unspecified atom stereocenters. The summed E-state index contributed by atoms with van der Waals surface area (Å²) in [5.74, 6) is 4.67. The molecule has 146 valence electrons. The predicted molar refractivity (Wildman–Crippen MR) is 115 cm³/mol. The van der Waals surface area contributed by atoms with Gasteiger partial charge in [-0.25, -0.2) is 0 Å². The molecule has 0 aromatic heterocycles. The summed E-state index contributed by atoms with van der Waals surface area (Å²) in [4.78, 5) is 11.7. The van der Waals surface area contributed by atoms with Gasteiger partial charge in [0.2, 0.25) is 0 Å². The van der Waals surface area contributed by atoms with Crippen molar-refractivity contribution in [1.29, 1.82) is 0 Å². The molecule has 2 heteroatoms. The molecular weight excluding hydrogens is 332 g/mol. The first-order valence-electron chi connectivity index (χ1n) is 13.7. The van der Waals surface area contributed by atoms with E-state index in [-0.39, 0.29) is 12.1 Å². The number of esters is 1. The molecule has 0 saturated carbocycles. The van der Waals surface area contributed by atoms with E-state index >= 15 is 0 Å². The van der Waals surface area contributed by atoms with Crippen LogP contribution in [-0.4, -0.2) is 12.1 Å². The van der Waals surface area contributed by atoms with Crippen LogP contribution in [-0.2, 0) is 9.53 Å². The summed E-state index contributed by atoms with van der Waals surface area (Å²) in [5.41, 5.74) is -0.519. The highest BCUT2D eigenvalue weighted by Crippen LogP contribution is 2.34. The van der Waals surface area contributed by atoms with Crippen molar-refractivity contribution in [1.82, 2.24) is 0 Å². The van der Waals surface area contributed by atoms with Crippen LogP contribution in [0.5, 0.6) is 0 Å².